The Balaban J connectivity index is 1.92. The third-order valence-electron chi connectivity index (χ3n) is 4.11. The Morgan fingerprint density at radius 3 is 2.38 bits per heavy atom. The lowest BCUT2D eigenvalue weighted by atomic mass is 10.0. The van der Waals surface area contributed by atoms with Crippen LogP contribution in [0.15, 0.2) is 41.9 Å². The first-order valence-corrected chi connectivity index (χ1v) is 9.72. The van der Waals surface area contributed by atoms with Gasteiger partial charge in [0, 0.05) is 36.3 Å². The van der Waals surface area contributed by atoms with E-state index in [1.54, 1.807) is 11.3 Å². The number of thiazole rings is 1. The monoisotopic (exact) mass is 343 g/mol. The van der Waals surface area contributed by atoms with Gasteiger partial charge in [-0.2, -0.15) is 0 Å². The largest absolute Gasteiger partial charge is 0.375 e. The molecule has 1 heterocycles. The van der Waals surface area contributed by atoms with Crippen LogP contribution in [0, 0.1) is 0 Å². The van der Waals surface area contributed by atoms with Crippen molar-refractivity contribution in [3.8, 4) is 11.3 Å². The number of aromatic nitrogens is 1. The molecule has 4 heteroatoms. The van der Waals surface area contributed by atoms with Crippen molar-refractivity contribution in [1.82, 2.24) is 9.88 Å². The SMILES string of the molecule is C=C(CCc1ccc(-c2csc(CN)n2)cc1)N(CCC)CCC. The van der Waals surface area contributed by atoms with E-state index in [1.165, 1.54) is 24.1 Å². The van der Waals surface area contributed by atoms with Gasteiger partial charge in [0.1, 0.15) is 5.01 Å². The lowest BCUT2D eigenvalue weighted by molar-refractivity contribution is 0.334. The van der Waals surface area contributed by atoms with Gasteiger partial charge < -0.3 is 10.6 Å². The Labute approximate surface area is 150 Å². The second-order valence-electron chi connectivity index (χ2n) is 6.08. The molecule has 130 valence electrons. The van der Waals surface area contributed by atoms with Crippen molar-refractivity contribution in [3.05, 3.63) is 52.5 Å². The number of nitrogens with two attached hydrogens (primary N) is 1. The maximum Gasteiger partial charge on any atom is 0.107 e. The highest BCUT2D eigenvalue weighted by molar-refractivity contribution is 7.09. The van der Waals surface area contributed by atoms with Crippen molar-refractivity contribution in [3.63, 3.8) is 0 Å². The minimum atomic E-state index is 0.511. The van der Waals surface area contributed by atoms with Crippen LogP contribution >= 0.6 is 11.3 Å². The first-order valence-electron chi connectivity index (χ1n) is 8.84. The highest BCUT2D eigenvalue weighted by atomic mass is 32.1. The Morgan fingerprint density at radius 1 is 1.17 bits per heavy atom. The summed E-state index contributed by atoms with van der Waals surface area (Å²) in [7, 11) is 0. The fourth-order valence-electron chi connectivity index (χ4n) is 2.79. The molecule has 0 saturated carbocycles. The third kappa shape index (κ3) is 5.18. The van der Waals surface area contributed by atoms with E-state index < -0.39 is 0 Å². The van der Waals surface area contributed by atoms with Crippen LogP contribution in [0.3, 0.4) is 0 Å². The summed E-state index contributed by atoms with van der Waals surface area (Å²) in [4.78, 5) is 6.97. The Morgan fingerprint density at radius 2 is 1.83 bits per heavy atom. The zero-order chi connectivity index (χ0) is 17.4. The van der Waals surface area contributed by atoms with Gasteiger partial charge in [0.25, 0.3) is 0 Å². The molecule has 0 amide bonds. The average Bonchev–Trinajstić information content (AvgIpc) is 3.09. The molecule has 0 spiro atoms. The molecule has 0 unspecified atom stereocenters. The molecule has 1 aromatic carbocycles. The summed E-state index contributed by atoms with van der Waals surface area (Å²) in [6, 6.07) is 8.72. The average molecular weight is 344 g/mol. The molecule has 2 aromatic rings. The number of allylic oxidation sites excluding steroid dienone is 1. The molecule has 0 aliphatic heterocycles. The lowest BCUT2D eigenvalue weighted by Crippen LogP contribution is -2.24. The number of aryl methyl sites for hydroxylation is 1. The predicted molar refractivity (Wildman–Crippen MR) is 105 cm³/mol. The van der Waals surface area contributed by atoms with E-state index in [0.717, 1.165) is 42.2 Å². The normalized spacial score (nSPS) is 10.8. The van der Waals surface area contributed by atoms with Crippen molar-refractivity contribution in [2.24, 2.45) is 5.73 Å². The van der Waals surface area contributed by atoms with E-state index in [0.29, 0.717) is 6.54 Å². The van der Waals surface area contributed by atoms with E-state index in [4.69, 9.17) is 5.73 Å². The Hall–Kier alpha value is -1.65. The molecule has 0 atom stereocenters. The standard InChI is InChI=1S/C20H29N3S/c1-4-12-23(13-5-2)16(3)6-7-17-8-10-18(11-9-17)19-15-24-20(14-21)22-19/h8-11,15H,3-7,12-14,21H2,1-2H3. The zero-order valence-corrected chi connectivity index (χ0v) is 15.7. The number of hydrogen-bond acceptors (Lipinski definition) is 4. The molecule has 0 radical (unpaired) electrons. The van der Waals surface area contributed by atoms with Crippen LogP contribution in [0.5, 0.6) is 0 Å². The van der Waals surface area contributed by atoms with Gasteiger partial charge in [-0.25, -0.2) is 4.98 Å². The van der Waals surface area contributed by atoms with Crippen LogP contribution in [0.2, 0.25) is 0 Å². The van der Waals surface area contributed by atoms with E-state index >= 15 is 0 Å². The molecular formula is C20H29N3S. The van der Waals surface area contributed by atoms with E-state index in [1.807, 2.05) is 0 Å². The maximum atomic E-state index is 5.64. The molecule has 0 aliphatic carbocycles. The van der Waals surface area contributed by atoms with Crippen molar-refractivity contribution >= 4 is 11.3 Å². The summed E-state index contributed by atoms with van der Waals surface area (Å²) in [6.45, 7) is 11.5. The lowest BCUT2D eigenvalue weighted by Gasteiger charge is -2.26. The van der Waals surface area contributed by atoms with Gasteiger partial charge in [-0.1, -0.05) is 44.7 Å². The number of benzene rings is 1. The third-order valence-corrected chi connectivity index (χ3v) is 4.98. The van der Waals surface area contributed by atoms with Gasteiger partial charge >= 0.3 is 0 Å². The van der Waals surface area contributed by atoms with Gasteiger partial charge in [-0.05, 0) is 31.2 Å². The van der Waals surface area contributed by atoms with E-state index in [-0.39, 0.29) is 0 Å². The fraction of sp³-hybridized carbons (Fsp3) is 0.450. The molecule has 2 rings (SSSR count). The van der Waals surface area contributed by atoms with Crippen LogP contribution in [-0.2, 0) is 13.0 Å². The first kappa shape index (κ1) is 18.7. The summed E-state index contributed by atoms with van der Waals surface area (Å²) in [6.07, 6.45) is 4.40. The maximum absolute atomic E-state index is 5.64. The molecule has 2 N–H and O–H groups in total. The second-order valence-corrected chi connectivity index (χ2v) is 7.02. The molecule has 0 fully saturated rings. The summed E-state index contributed by atoms with van der Waals surface area (Å²) >= 11 is 1.62. The van der Waals surface area contributed by atoms with Gasteiger partial charge in [-0.3, -0.25) is 0 Å². The summed E-state index contributed by atoms with van der Waals surface area (Å²) in [5.74, 6) is 0. The number of hydrogen-bond donors (Lipinski definition) is 1. The number of rotatable bonds is 10. The minimum absolute atomic E-state index is 0.511. The molecule has 3 nitrogen and oxygen atoms in total. The first-order chi connectivity index (χ1) is 11.7. The van der Waals surface area contributed by atoms with Crippen molar-refractivity contribution in [1.29, 1.82) is 0 Å². The quantitative estimate of drug-likeness (QED) is 0.671. The van der Waals surface area contributed by atoms with E-state index in [9.17, 15) is 0 Å². The molecule has 0 saturated heterocycles. The summed E-state index contributed by atoms with van der Waals surface area (Å²) in [5, 5.41) is 3.06. The molecular weight excluding hydrogens is 314 g/mol. The number of nitrogens with zero attached hydrogens (tertiary/aromatic N) is 2. The highest BCUT2D eigenvalue weighted by Gasteiger charge is 2.07. The van der Waals surface area contributed by atoms with Crippen molar-refractivity contribution < 1.29 is 0 Å². The Kier molecular flexibility index (Phi) is 7.47. The van der Waals surface area contributed by atoms with Crippen LogP contribution in [0.1, 0.15) is 43.7 Å². The van der Waals surface area contributed by atoms with Gasteiger partial charge in [-0.15, -0.1) is 11.3 Å². The smallest absolute Gasteiger partial charge is 0.107 e. The summed E-state index contributed by atoms with van der Waals surface area (Å²) in [5.41, 5.74) is 10.4. The molecule has 0 bridgehead atoms. The Bertz CT molecular complexity index is 625. The highest BCUT2D eigenvalue weighted by Crippen LogP contribution is 2.23. The fourth-order valence-corrected chi connectivity index (χ4v) is 3.48. The molecule has 1 aromatic heterocycles. The van der Waals surface area contributed by atoms with Crippen LogP contribution in [0.25, 0.3) is 11.3 Å². The summed E-state index contributed by atoms with van der Waals surface area (Å²) < 4.78 is 0. The van der Waals surface area contributed by atoms with Gasteiger partial charge in [0.15, 0.2) is 0 Å². The molecule has 0 aliphatic rings. The molecule has 24 heavy (non-hydrogen) atoms. The van der Waals surface area contributed by atoms with Crippen molar-refractivity contribution in [2.45, 2.75) is 46.1 Å². The topological polar surface area (TPSA) is 42.1 Å². The van der Waals surface area contributed by atoms with Gasteiger partial charge in [0.2, 0.25) is 0 Å². The van der Waals surface area contributed by atoms with Crippen LogP contribution < -0.4 is 5.73 Å². The van der Waals surface area contributed by atoms with Crippen LogP contribution in [-0.4, -0.2) is 23.0 Å². The van der Waals surface area contributed by atoms with Crippen LogP contribution in [0.4, 0.5) is 0 Å². The van der Waals surface area contributed by atoms with Gasteiger partial charge in [0.05, 0.1) is 5.69 Å². The second kappa shape index (κ2) is 9.60. The van der Waals surface area contributed by atoms with E-state index in [2.05, 4.69) is 60.0 Å². The predicted octanol–water partition coefficient (Wildman–Crippen LogP) is 4.84. The minimum Gasteiger partial charge on any atom is -0.375 e. The zero-order valence-electron chi connectivity index (χ0n) is 14.9. The van der Waals surface area contributed by atoms with Crippen molar-refractivity contribution in [2.75, 3.05) is 13.1 Å².